The van der Waals surface area contributed by atoms with Crippen molar-refractivity contribution >= 4 is 5.69 Å². The van der Waals surface area contributed by atoms with Gasteiger partial charge < -0.3 is 10.1 Å². The molecule has 64 valence electrons. The lowest BCUT2D eigenvalue weighted by molar-refractivity contribution is 0.00843. The van der Waals surface area contributed by atoms with Gasteiger partial charge in [-0.3, -0.25) is 0 Å². The molecule has 1 aliphatic rings. The molecule has 0 saturated carbocycles. The summed E-state index contributed by atoms with van der Waals surface area (Å²) in [6.07, 6.45) is 0. The number of benzene rings is 1. The minimum atomic E-state index is 0.635. The SMILES string of the molecule is CNc1ccc(C2COC2)cc1. The van der Waals surface area contributed by atoms with E-state index in [4.69, 9.17) is 4.74 Å². The van der Waals surface area contributed by atoms with Crippen molar-refractivity contribution in [2.24, 2.45) is 0 Å². The molecule has 1 fully saturated rings. The van der Waals surface area contributed by atoms with Gasteiger partial charge in [-0.15, -0.1) is 0 Å². The second-order valence-electron chi connectivity index (χ2n) is 3.11. The highest BCUT2D eigenvalue weighted by molar-refractivity contribution is 5.44. The van der Waals surface area contributed by atoms with Crippen LogP contribution in [0.15, 0.2) is 24.3 Å². The number of nitrogens with one attached hydrogen (secondary N) is 1. The van der Waals surface area contributed by atoms with Gasteiger partial charge in [-0.05, 0) is 17.7 Å². The number of hydrogen-bond donors (Lipinski definition) is 1. The van der Waals surface area contributed by atoms with Gasteiger partial charge in [0, 0.05) is 18.7 Å². The van der Waals surface area contributed by atoms with Crippen molar-refractivity contribution in [3.05, 3.63) is 29.8 Å². The minimum Gasteiger partial charge on any atom is -0.388 e. The van der Waals surface area contributed by atoms with Crippen molar-refractivity contribution in [3.63, 3.8) is 0 Å². The van der Waals surface area contributed by atoms with Gasteiger partial charge in [0.2, 0.25) is 0 Å². The van der Waals surface area contributed by atoms with Crippen LogP contribution in [0.1, 0.15) is 11.5 Å². The molecule has 1 N–H and O–H groups in total. The van der Waals surface area contributed by atoms with E-state index in [0.29, 0.717) is 5.92 Å². The Morgan fingerprint density at radius 1 is 1.25 bits per heavy atom. The van der Waals surface area contributed by atoms with Crippen molar-refractivity contribution in [1.82, 2.24) is 0 Å². The molecule has 2 heteroatoms. The molecule has 0 aliphatic carbocycles. The summed E-state index contributed by atoms with van der Waals surface area (Å²) in [7, 11) is 1.93. The fourth-order valence-corrected chi connectivity index (χ4v) is 1.35. The predicted octanol–water partition coefficient (Wildman–Crippen LogP) is 1.84. The molecule has 1 saturated heterocycles. The second-order valence-corrected chi connectivity index (χ2v) is 3.11. The monoisotopic (exact) mass is 163 g/mol. The number of hydrogen-bond acceptors (Lipinski definition) is 2. The Morgan fingerprint density at radius 3 is 2.33 bits per heavy atom. The Balaban J connectivity index is 2.13. The highest BCUT2D eigenvalue weighted by Crippen LogP contribution is 2.24. The molecule has 0 unspecified atom stereocenters. The molecule has 1 aromatic carbocycles. The predicted molar refractivity (Wildman–Crippen MR) is 49.5 cm³/mol. The van der Waals surface area contributed by atoms with Crippen LogP contribution in [0.5, 0.6) is 0 Å². The van der Waals surface area contributed by atoms with Crippen LogP contribution in [0.3, 0.4) is 0 Å². The van der Waals surface area contributed by atoms with Crippen molar-refractivity contribution in [1.29, 1.82) is 0 Å². The van der Waals surface area contributed by atoms with Crippen LogP contribution in [-0.2, 0) is 4.74 Å². The van der Waals surface area contributed by atoms with E-state index in [1.165, 1.54) is 11.3 Å². The van der Waals surface area contributed by atoms with Crippen LogP contribution in [-0.4, -0.2) is 20.3 Å². The first-order valence-corrected chi connectivity index (χ1v) is 4.25. The molecule has 0 aromatic heterocycles. The smallest absolute Gasteiger partial charge is 0.0557 e. The van der Waals surface area contributed by atoms with Crippen LogP contribution in [0.2, 0.25) is 0 Å². The highest BCUT2D eigenvalue weighted by Gasteiger charge is 2.19. The van der Waals surface area contributed by atoms with Crippen molar-refractivity contribution in [3.8, 4) is 0 Å². The van der Waals surface area contributed by atoms with Gasteiger partial charge in [0.15, 0.2) is 0 Å². The third-order valence-electron chi connectivity index (χ3n) is 2.31. The summed E-state index contributed by atoms with van der Waals surface area (Å²) in [5.41, 5.74) is 2.55. The van der Waals surface area contributed by atoms with Crippen LogP contribution in [0.4, 0.5) is 5.69 Å². The largest absolute Gasteiger partial charge is 0.388 e. The van der Waals surface area contributed by atoms with E-state index < -0.39 is 0 Å². The lowest BCUT2D eigenvalue weighted by atomic mass is 9.98. The average Bonchev–Trinajstić information content (AvgIpc) is 2.03. The standard InChI is InChI=1S/C10H13NO/c1-11-10-4-2-8(3-5-10)9-6-12-7-9/h2-5,9,11H,6-7H2,1H3. The van der Waals surface area contributed by atoms with E-state index in [-0.39, 0.29) is 0 Å². The third-order valence-corrected chi connectivity index (χ3v) is 2.31. The zero-order chi connectivity index (χ0) is 8.39. The number of ether oxygens (including phenoxy) is 1. The fraction of sp³-hybridized carbons (Fsp3) is 0.400. The van der Waals surface area contributed by atoms with E-state index in [1.54, 1.807) is 0 Å². The summed E-state index contributed by atoms with van der Waals surface area (Å²) >= 11 is 0. The first-order chi connectivity index (χ1) is 5.90. The molecule has 0 bridgehead atoms. The molecular formula is C10H13NO. The third kappa shape index (κ3) is 1.30. The summed E-state index contributed by atoms with van der Waals surface area (Å²) in [4.78, 5) is 0. The Bertz CT molecular complexity index is 251. The zero-order valence-electron chi connectivity index (χ0n) is 7.21. The topological polar surface area (TPSA) is 21.3 Å². The van der Waals surface area contributed by atoms with Crippen molar-refractivity contribution in [2.45, 2.75) is 5.92 Å². The number of anilines is 1. The summed E-state index contributed by atoms with van der Waals surface area (Å²) in [6.45, 7) is 1.78. The first kappa shape index (κ1) is 7.62. The van der Waals surface area contributed by atoms with Gasteiger partial charge in [0.25, 0.3) is 0 Å². The lowest BCUT2D eigenvalue weighted by Gasteiger charge is -2.26. The number of rotatable bonds is 2. The van der Waals surface area contributed by atoms with Gasteiger partial charge >= 0.3 is 0 Å². The Kier molecular flexibility index (Phi) is 2.00. The molecule has 0 spiro atoms. The average molecular weight is 163 g/mol. The summed E-state index contributed by atoms with van der Waals surface area (Å²) < 4.78 is 5.13. The van der Waals surface area contributed by atoms with E-state index in [9.17, 15) is 0 Å². The van der Waals surface area contributed by atoms with Crippen LogP contribution >= 0.6 is 0 Å². The van der Waals surface area contributed by atoms with Crippen molar-refractivity contribution < 1.29 is 4.74 Å². The van der Waals surface area contributed by atoms with E-state index >= 15 is 0 Å². The Labute approximate surface area is 72.5 Å². The Hall–Kier alpha value is -1.02. The van der Waals surface area contributed by atoms with Gasteiger partial charge in [0.1, 0.15) is 0 Å². The van der Waals surface area contributed by atoms with Crippen LogP contribution < -0.4 is 5.32 Å². The van der Waals surface area contributed by atoms with Gasteiger partial charge in [-0.2, -0.15) is 0 Å². The quantitative estimate of drug-likeness (QED) is 0.718. The molecule has 0 radical (unpaired) electrons. The van der Waals surface area contributed by atoms with Gasteiger partial charge in [0.05, 0.1) is 13.2 Å². The van der Waals surface area contributed by atoms with E-state index in [1.807, 2.05) is 7.05 Å². The molecule has 1 heterocycles. The molecular weight excluding hydrogens is 150 g/mol. The van der Waals surface area contributed by atoms with Gasteiger partial charge in [-0.1, -0.05) is 12.1 Å². The molecule has 2 rings (SSSR count). The second kappa shape index (κ2) is 3.15. The normalized spacial score (nSPS) is 17.1. The van der Waals surface area contributed by atoms with E-state index in [2.05, 4.69) is 29.6 Å². The van der Waals surface area contributed by atoms with Gasteiger partial charge in [-0.25, -0.2) is 0 Å². The van der Waals surface area contributed by atoms with Crippen LogP contribution in [0, 0.1) is 0 Å². The maximum absolute atomic E-state index is 5.13. The lowest BCUT2D eigenvalue weighted by Crippen LogP contribution is -2.24. The van der Waals surface area contributed by atoms with Crippen LogP contribution in [0.25, 0.3) is 0 Å². The summed E-state index contributed by atoms with van der Waals surface area (Å²) in [5, 5.41) is 3.10. The summed E-state index contributed by atoms with van der Waals surface area (Å²) in [5.74, 6) is 0.635. The van der Waals surface area contributed by atoms with E-state index in [0.717, 1.165) is 13.2 Å². The molecule has 1 aromatic rings. The highest BCUT2D eigenvalue weighted by atomic mass is 16.5. The first-order valence-electron chi connectivity index (χ1n) is 4.25. The molecule has 12 heavy (non-hydrogen) atoms. The fourth-order valence-electron chi connectivity index (χ4n) is 1.35. The maximum Gasteiger partial charge on any atom is 0.0557 e. The zero-order valence-corrected chi connectivity index (χ0v) is 7.21. The molecule has 1 aliphatic heterocycles. The molecule has 2 nitrogen and oxygen atoms in total. The minimum absolute atomic E-state index is 0.635. The Morgan fingerprint density at radius 2 is 1.92 bits per heavy atom. The summed E-state index contributed by atoms with van der Waals surface area (Å²) in [6, 6.07) is 8.54. The molecule has 0 atom stereocenters. The maximum atomic E-state index is 5.13. The van der Waals surface area contributed by atoms with Crippen molar-refractivity contribution in [2.75, 3.05) is 25.6 Å². The molecule has 0 amide bonds.